The molecular weight excluding hydrogens is 274 g/mol. The number of amides is 1. The van der Waals surface area contributed by atoms with Crippen molar-refractivity contribution in [3.05, 3.63) is 47.2 Å². The number of nitrogens with zero attached hydrogens (tertiary/aromatic N) is 2. The van der Waals surface area contributed by atoms with Crippen LogP contribution in [-0.2, 0) is 16.8 Å². The van der Waals surface area contributed by atoms with Gasteiger partial charge in [-0.3, -0.25) is 4.79 Å². The van der Waals surface area contributed by atoms with E-state index in [1.807, 2.05) is 10.9 Å². The number of rotatable bonds is 2. The summed E-state index contributed by atoms with van der Waals surface area (Å²) in [5, 5.41) is 7.51. The smallest absolute Gasteiger partial charge is 0.226 e. The molecule has 1 N–H and O–H groups in total. The molecule has 2 heterocycles. The molecule has 4 nitrogen and oxygen atoms in total. The zero-order valence-corrected chi connectivity index (χ0v) is 13.7. The predicted molar refractivity (Wildman–Crippen MR) is 88.1 cm³/mol. The van der Waals surface area contributed by atoms with Crippen LogP contribution in [0.3, 0.4) is 0 Å². The first-order chi connectivity index (χ1) is 10.4. The van der Waals surface area contributed by atoms with Gasteiger partial charge in [-0.2, -0.15) is 5.10 Å². The summed E-state index contributed by atoms with van der Waals surface area (Å²) >= 11 is 0. The fraction of sp³-hybridized carbons (Fsp3) is 0.444. The number of aromatic nitrogens is 2. The van der Waals surface area contributed by atoms with Crippen molar-refractivity contribution in [2.75, 3.05) is 5.32 Å². The Hall–Kier alpha value is -2.10. The van der Waals surface area contributed by atoms with Crippen molar-refractivity contribution in [1.82, 2.24) is 9.78 Å². The van der Waals surface area contributed by atoms with E-state index in [1.54, 1.807) is 0 Å². The Kier molecular flexibility index (Phi) is 3.55. The Labute approximate surface area is 131 Å². The molecule has 116 valence electrons. The molecule has 1 aromatic heterocycles. The van der Waals surface area contributed by atoms with Crippen LogP contribution in [0.1, 0.15) is 56.7 Å². The quantitative estimate of drug-likeness (QED) is 0.919. The second-order valence-corrected chi connectivity index (χ2v) is 6.93. The molecule has 0 saturated heterocycles. The van der Waals surface area contributed by atoms with E-state index in [0.717, 1.165) is 17.8 Å². The van der Waals surface area contributed by atoms with Crippen LogP contribution in [0.5, 0.6) is 0 Å². The minimum atomic E-state index is -0.158. The van der Waals surface area contributed by atoms with Crippen LogP contribution in [0.4, 0.5) is 5.82 Å². The summed E-state index contributed by atoms with van der Waals surface area (Å²) in [5.74, 6) is 0.988. The maximum Gasteiger partial charge on any atom is 0.226 e. The fourth-order valence-corrected chi connectivity index (χ4v) is 3.01. The number of aryl methyl sites for hydroxylation is 1. The van der Waals surface area contributed by atoms with Crippen LogP contribution in [0.15, 0.2) is 30.5 Å². The standard InChI is InChI=1S/C18H23N3O/c1-5-12-6-8-13(9-7-12)14-10-16(22)20-17-15(14)11-19-21(17)18(2,3)4/h6-9,11,14H,5,10H2,1-4H3,(H,20,22)/t14-/m0/s1. The third-order valence-corrected chi connectivity index (χ3v) is 4.25. The lowest BCUT2D eigenvalue weighted by Crippen LogP contribution is -2.30. The first kappa shape index (κ1) is 14.8. The van der Waals surface area contributed by atoms with Crippen molar-refractivity contribution in [3.63, 3.8) is 0 Å². The van der Waals surface area contributed by atoms with Crippen LogP contribution in [0.2, 0.25) is 0 Å². The normalized spacial score (nSPS) is 18.0. The second-order valence-electron chi connectivity index (χ2n) is 6.93. The number of carbonyl (C=O) groups excluding carboxylic acids is 1. The van der Waals surface area contributed by atoms with E-state index in [1.165, 1.54) is 11.1 Å². The van der Waals surface area contributed by atoms with E-state index >= 15 is 0 Å². The van der Waals surface area contributed by atoms with Gasteiger partial charge in [-0.25, -0.2) is 4.68 Å². The first-order valence-corrected chi connectivity index (χ1v) is 7.87. The number of benzene rings is 1. The maximum atomic E-state index is 12.2. The fourth-order valence-electron chi connectivity index (χ4n) is 3.01. The van der Waals surface area contributed by atoms with E-state index in [4.69, 9.17) is 0 Å². The van der Waals surface area contributed by atoms with Gasteiger partial charge in [0, 0.05) is 17.9 Å². The third kappa shape index (κ3) is 2.54. The predicted octanol–water partition coefficient (Wildman–Crippen LogP) is 3.67. The van der Waals surface area contributed by atoms with E-state index in [0.29, 0.717) is 6.42 Å². The molecule has 1 amide bonds. The number of hydrogen-bond donors (Lipinski definition) is 1. The van der Waals surface area contributed by atoms with Gasteiger partial charge >= 0.3 is 0 Å². The highest BCUT2D eigenvalue weighted by Crippen LogP contribution is 2.38. The van der Waals surface area contributed by atoms with Crippen LogP contribution < -0.4 is 5.32 Å². The van der Waals surface area contributed by atoms with Crippen LogP contribution in [0.25, 0.3) is 0 Å². The molecule has 0 fully saturated rings. The minimum Gasteiger partial charge on any atom is -0.311 e. The molecule has 0 saturated carbocycles. The number of hydrogen-bond acceptors (Lipinski definition) is 2. The molecule has 1 aliphatic rings. The maximum absolute atomic E-state index is 12.2. The molecule has 2 aromatic rings. The SMILES string of the molecule is CCc1ccc([C@@H]2CC(=O)Nc3c2cnn3C(C)(C)C)cc1. The van der Waals surface area contributed by atoms with Crippen LogP contribution in [-0.4, -0.2) is 15.7 Å². The minimum absolute atomic E-state index is 0.0584. The van der Waals surface area contributed by atoms with Crippen molar-refractivity contribution in [3.8, 4) is 0 Å². The summed E-state index contributed by atoms with van der Waals surface area (Å²) in [5.41, 5.74) is 3.45. The average Bonchev–Trinajstić information content (AvgIpc) is 2.90. The van der Waals surface area contributed by atoms with Gasteiger partial charge < -0.3 is 5.32 Å². The number of fused-ring (bicyclic) bond motifs is 1. The summed E-state index contributed by atoms with van der Waals surface area (Å²) in [6.07, 6.45) is 3.41. The van der Waals surface area contributed by atoms with Gasteiger partial charge in [-0.05, 0) is 38.3 Å². The molecule has 1 aliphatic heterocycles. The Morgan fingerprint density at radius 2 is 1.95 bits per heavy atom. The molecular formula is C18H23N3O. The number of anilines is 1. The highest BCUT2D eigenvalue weighted by Gasteiger charge is 2.32. The Bertz CT molecular complexity index is 692. The molecule has 1 aromatic carbocycles. The molecule has 0 unspecified atom stereocenters. The van der Waals surface area contributed by atoms with Crippen molar-refractivity contribution in [2.45, 2.75) is 52.0 Å². The van der Waals surface area contributed by atoms with Gasteiger partial charge in [-0.1, -0.05) is 31.2 Å². The Morgan fingerprint density at radius 1 is 1.27 bits per heavy atom. The molecule has 3 rings (SSSR count). The van der Waals surface area contributed by atoms with Crippen LogP contribution in [0, 0.1) is 0 Å². The summed E-state index contributed by atoms with van der Waals surface area (Å²) < 4.78 is 1.91. The van der Waals surface area contributed by atoms with E-state index < -0.39 is 0 Å². The van der Waals surface area contributed by atoms with E-state index in [9.17, 15) is 4.79 Å². The van der Waals surface area contributed by atoms with Gasteiger partial charge in [0.2, 0.25) is 5.91 Å². The van der Waals surface area contributed by atoms with E-state index in [-0.39, 0.29) is 17.4 Å². The van der Waals surface area contributed by atoms with Crippen molar-refractivity contribution in [1.29, 1.82) is 0 Å². The molecule has 1 atom stereocenters. The first-order valence-electron chi connectivity index (χ1n) is 7.87. The summed E-state index contributed by atoms with van der Waals surface area (Å²) in [7, 11) is 0. The lowest BCUT2D eigenvalue weighted by molar-refractivity contribution is -0.116. The van der Waals surface area contributed by atoms with Crippen LogP contribution >= 0.6 is 0 Å². The number of carbonyl (C=O) groups is 1. The molecule has 0 spiro atoms. The lowest BCUT2D eigenvalue weighted by atomic mass is 9.87. The third-order valence-electron chi connectivity index (χ3n) is 4.25. The summed E-state index contributed by atoms with van der Waals surface area (Å²) in [6.45, 7) is 8.42. The molecule has 0 aliphatic carbocycles. The van der Waals surface area contributed by atoms with Gasteiger partial charge in [0.1, 0.15) is 5.82 Å². The van der Waals surface area contributed by atoms with E-state index in [2.05, 4.69) is 62.4 Å². The topological polar surface area (TPSA) is 46.9 Å². The second kappa shape index (κ2) is 5.27. The molecule has 0 radical (unpaired) electrons. The highest BCUT2D eigenvalue weighted by molar-refractivity contribution is 5.94. The van der Waals surface area contributed by atoms with Gasteiger partial charge in [0.05, 0.1) is 11.7 Å². The summed E-state index contributed by atoms with van der Waals surface area (Å²) in [6, 6.07) is 8.58. The summed E-state index contributed by atoms with van der Waals surface area (Å²) in [4.78, 5) is 12.2. The molecule has 0 bridgehead atoms. The number of nitrogens with one attached hydrogen (secondary N) is 1. The zero-order chi connectivity index (χ0) is 15.9. The highest BCUT2D eigenvalue weighted by atomic mass is 16.1. The largest absolute Gasteiger partial charge is 0.311 e. The van der Waals surface area contributed by atoms with Crippen molar-refractivity contribution < 1.29 is 4.79 Å². The van der Waals surface area contributed by atoms with Crippen molar-refractivity contribution >= 4 is 11.7 Å². The molecule has 4 heteroatoms. The van der Waals surface area contributed by atoms with Crippen molar-refractivity contribution in [2.24, 2.45) is 0 Å². The van der Waals surface area contributed by atoms with Gasteiger partial charge in [0.25, 0.3) is 0 Å². The molecule has 22 heavy (non-hydrogen) atoms. The zero-order valence-electron chi connectivity index (χ0n) is 13.7. The monoisotopic (exact) mass is 297 g/mol. The lowest BCUT2D eigenvalue weighted by Gasteiger charge is -2.28. The van der Waals surface area contributed by atoms with Gasteiger partial charge in [-0.15, -0.1) is 0 Å². The Balaban J connectivity index is 2.04. The van der Waals surface area contributed by atoms with Gasteiger partial charge in [0.15, 0.2) is 0 Å². The Morgan fingerprint density at radius 3 is 2.55 bits per heavy atom. The average molecular weight is 297 g/mol.